The van der Waals surface area contributed by atoms with Crippen LogP contribution in [0.15, 0.2) is 30.6 Å². The number of likely N-dealkylation sites (tertiary alicyclic amines) is 1. The summed E-state index contributed by atoms with van der Waals surface area (Å²) in [5.41, 5.74) is 2.77. The maximum atomic E-state index is 12.3. The monoisotopic (exact) mass is 312 g/mol. The second kappa shape index (κ2) is 6.14. The summed E-state index contributed by atoms with van der Waals surface area (Å²) in [5, 5.41) is 6.87. The highest BCUT2D eigenvalue weighted by atomic mass is 16.2. The predicted octanol–water partition coefficient (Wildman–Crippen LogP) is 2.91. The van der Waals surface area contributed by atoms with Crippen LogP contribution in [0.3, 0.4) is 0 Å². The van der Waals surface area contributed by atoms with E-state index in [4.69, 9.17) is 0 Å². The Labute approximate surface area is 137 Å². The lowest BCUT2D eigenvalue weighted by atomic mass is 9.95. The van der Waals surface area contributed by atoms with E-state index in [-0.39, 0.29) is 11.3 Å². The molecule has 0 spiro atoms. The first-order chi connectivity index (χ1) is 10.9. The van der Waals surface area contributed by atoms with Crippen molar-refractivity contribution in [2.75, 3.05) is 13.1 Å². The topological polar surface area (TPSA) is 61.9 Å². The average molecular weight is 312 g/mol. The molecule has 1 amide bonds. The second-order valence-corrected chi connectivity index (χ2v) is 7.38. The van der Waals surface area contributed by atoms with Gasteiger partial charge in [-0.25, -0.2) is 0 Å². The Morgan fingerprint density at radius 3 is 2.78 bits per heavy atom. The molecule has 1 aliphatic heterocycles. The molecule has 0 saturated carbocycles. The number of aromatic nitrogens is 3. The van der Waals surface area contributed by atoms with Gasteiger partial charge >= 0.3 is 0 Å². The van der Waals surface area contributed by atoms with Crippen LogP contribution in [0, 0.1) is 11.3 Å². The lowest BCUT2D eigenvalue weighted by Crippen LogP contribution is -2.38. The Morgan fingerprint density at radius 1 is 1.35 bits per heavy atom. The predicted molar refractivity (Wildman–Crippen MR) is 89.7 cm³/mol. The average Bonchev–Trinajstić information content (AvgIpc) is 3.17. The molecular weight excluding hydrogens is 288 g/mol. The molecule has 5 nitrogen and oxygen atoms in total. The fourth-order valence-electron chi connectivity index (χ4n) is 3.09. The van der Waals surface area contributed by atoms with E-state index in [9.17, 15) is 4.79 Å². The van der Waals surface area contributed by atoms with E-state index in [0.29, 0.717) is 5.92 Å². The summed E-state index contributed by atoms with van der Waals surface area (Å²) >= 11 is 0. The van der Waals surface area contributed by atoms with Crippen LogP contribution in [-0.4, -0.2) is 39.1 Å². The van der Waals surface area contributed by atoms with Gasteiger partial charge in [0.05, 0.1) is 11.4 Å². The number of H-pyrrole nitrogens is 1. The zero-order valence-corrected chi connectivity index (χ0v) is 14.0. The zero-order valence-electron chi connectivity index (χ0n) is 14.0. The molecule has 1 N–H and O–H groups in total. The first-order valence-electron chi connectivity index (χ1n) is 8.17. The van der Waals surface area contributed by atoms with Crippen molar-refractivity contribution in [1.29, 1.82) is 0 Å². The number of aromatic amines is 1. The molecule has 1 saturated heterocycles. The SMILES string of the molecule is CC(C)(C)C(=O)N1CC[C@@H](Cc2ccc(-c3ccn[nH]3)nc2)C1. The van der Waals surface area contributed by atoms with Crippen LogP contribution in [0.4, 0.5) is 0 Å². The van der Waals surface area contributed by atoms with Gasteiger partial charge in [0.1, 0.15) is 0 Å². The van der Waals surface area contributed by atoms with E-state index in [2.05, 4.69) is 21.2 Å². The summed E-state index contributed by atoms with van der Waals surface area (Å²) in [6, 6.07) is 6.06. The Balaban J connectivity index is 1.59. The number of nitrogens with one attached hydrogen (secondary N) is 1. The van der Waals surface area contributed by atoms with Crippen molar-refractivity contribution in [3.8, 4) is 11.4 Å². The molecule has 5 heteroatoms. The highest BCUT2D eigenvalue weighted by Crippen LogP contribution is 2.26. The van der Waals surface area contributed by atoms with Crippen molar-refractivity contribution in [2.24, 2.45) is 11.3 Å². The van der Waals surface area contributed by atoms with E-state index in [1.54, 1.807) is 6.20 Å². The Morgan fingerprint density at radius 2 is 2.17 bits per heavy atom. The Hall–Kier alpha value is -2.17. The minimum atomic E-state index is -0.290. The third-order valence-corrected chi connectivity index (χ3v) is 4.34. The van der Waals surface area contributed by atoms with E-state index in [0.717, 1.165) is 37.3 Å². The molecule has 0 aromatic carbocycles. The molecule has 2 aromatic heterocycles. The van der Waals surface area contributed by atoms with Crippen molar-refractivity contribution in [3.63, 3.8) is 0 Å². The van der Waals surface area contributed by atoms with Crippen LogP contribution in [0.5, 0.6) is 0 Å². The van der Waals surface area contributed by atoms with Crippen LogP contribution in [0.1, 0.15) is 32.8 Å². The first-order valence-corrected chi connectivity index (χ1v) is 8.17. The van der Waals surface area contributed by atoms with Gasteiger partial charge in [-0.3, -0.25) is 14.9 Å². The third kappa shape index (κ3) is 3.60. The standard InChI is InChI=1S/C18H24N4O/c1-18(2,3)17(23)22-9-7-14(12-22)10-13-4-5-15(19-11-13)16-6-8-20-21-16/h4-6,8,11,14H,7,9-10,12H2,1-3H3,(H,20,21)/t14-/m0/s1. The van der Waals surface area contributed by atoms with Crippen LogP contribution in [-0.2, 0) is 11.2 Å². The number of hydrogen-bond acceptors (Lipinski definition) is 3. The molecular formula is C18H24N4O. The van der Waals surface area contributed by atoms with E-state index in [1.807, 2.05) is 44.0 Å². The van der Waals surface area contributed by atoms with Gasteiger partial charge in [0.15, 0.2) is 0 Å². The normalized spacial score (nSPS) is 18.4. The number of amides is 1. The lowest BCUT2D eigenvalue weighted by molar-refractivity contribution is -0.138. The molecule has 1 fully saturated rings. The lowest BCUT2D eigenvalue weighted by Gasteiger charge is -2.25. The van der Waals surface area contributed by atoms with Crippen molar-refractivity contribution < 1.29 is 4.79 Å². The molecule has 0 radical (unpaired) electrons. The summed E-state index contributed by atoms with van der Waals surface area (Å²) in [4.78, 5) is 18.9. The molecule has 3 rings (SSSR count). The van der Waals surface area contributed by atoms with Crippen LogP contribution < -0.4 is 0 Å². The zero-order chi connectivity index (χ0) is 16.4. The van der Waals surface area contributed by atoms with Gasteiger partial charge in [0.2, 0.25) is 5.91 Å². The van der Waals surface area contributed by atoms with Gasteiger partial charge in [-0.05, 0) is 36.5 Å². The Bertz CT molecular complexity index is 655. The van der Waals surface area contributed by atoms with Gasteiger partial charge in [0.25, 0.3) is 0 Å². The molecule has 0 aliphatic carbocycles. The quantitative estimate of drug-likeness (QED) is 0.948. The number of carbonyl (C=O) groups excluding carboxylic acids is 1. The molecule has 3 heterocycles. The fraction of sp³-hybridized carbons (Fsp3) is 0.500. The van der Waals surface area contributed by atoms with Gasteiger partial charge < -0.3 is 4.90 Å². The second-order valence-electron chi connectivity index (χ2n) is 7.38. The highest BCUT2D eigenvalue weighted by molar-refractivity contribution is 5.81. The van der Waals surface area contributed by atoms with Crippen molar-refractivity contribution >= 4 is 5.91 Å². The van der Waals surface area contributed by atoms with Crippen molar-refractivity contribution in [2.45, 2.75) is 33.6 Å². The summed E-state index contributed by atoms with van der Waals surface area (Å²) in [5.74, 6) is 0.786. The third-order valence-electron chi connectivity index (χ3n) is 4.34. The maximum Gasteiger partial charge on any atom is 0.227 e. The number of nitrogens with zero attached hydrogens (tertiary/aromatic N) is 3. The van der Waals surface area contributed by atoms with Crippen LogP contribution in [0.25, 0.3) is 11.4 Å². The van der Waals surface area contributed by atoms with E-state index < -0.39 is 0 Å². The summed E-state index contributed by atoms with van der Waals surface area (Å²) in [7, 11) is 0. The summed E-state index contributed by atoms with van der Waals surface area (Å²) < 4.78 is 0. The molecule has 1 aliphatic rings. The van der Waals surface area contributed by atoms with Crippen LogP contribution >= 0.6 is 0 Å². The van der Waals surface area contributed by atoms with Crippen molar-refractivity contribution in [3.05, 3.63) is 36.2 Å². The molecule has 0 unspecified atom stereocenters. The molecule has 1 atom stereocenters. The summed E-state index contributed by atoms with van der Waals surface area (Å²) in [6.45, 7) is 7.70. The summed E-state index contributed by atoms with van der Waals surface area (Å²) in [6.07, 6.45) is 5.71. The molecule has 0 bridgehead atoms. The van der Waals surface area contributed by atoms with E-state index in [1.165, 1.54) is 5.56 Å². The smallest absolute Gasteiger partial charge is 0.227 e. The number of pyridine rings is 1. The van der Waals surface area contributed by atoms with Gasteiger partial charge in [-0.15, -0.1) is 0 Å². The highest BCUT2D eigenvalue weighted by Gasteiger charge is 2.32. The van der Waals surface area contributed by atoms with Gasteiger partial charge in [0, 0.05) is 30.9 Å². The number of rotatable bonds is 3. The first kappa shape index (κ1) is 15.7. The number of carbonyl (C=O) groups is 1. The van der Waals surface area contributed by atoms with Gasteiger partial charge in [-0.2, -0.15) is 5.10 Å². The van der Waals surface area contributed by atoms with E-state index >= 15 is 0 Å². The Kier molecular flexibility index (Phi) is 4.20. The molecule has 23 heavy (non-hydrogen) atoms. The van der Waals surface area contributed by atoms with Gasteiger partial charge in [-0.1, -0.05) is 26.8 Å². The number of hydrogen-bond donors (Lipinski definition) is 1. The fourth-order valence-corrected chi connectivity index (χ4v) is 3.09. The molecule has 2 aromatic rings. The largest absolute Gasteiger partial charge is 0.342 e. The van der Waals surface area contributed by atoms with Crippen LogP contribution in [0.2, 0.25) is 0 Å². The van der Waals surface area contributed by atoms with Crippen molar-refractivity contribution in [1.82, 2.24) is 20.1 Å². The molecule has 122 valence electrons. The maximum absolute atomic E-state index is 12.3. The minimum Gasteiger partial charge on any atom is -0.342 e. The minimum absolute atomic E-state index is 0.257.